The van der Waals surface area contributed by atoms with E-state index in [-0.39, 0.29) is 0 Å². The molecule has 0 N–H and O–H groups in total. The van der Waals surface area contributed by atoms with E-state index in [2.05, 4.69) is 9.88 Å². The van der Waals surface area contributed by atoms with E-state index in [0.29, 0.717) is 5.92 Å². The Morgan fingerprint density at radius 3 is 2.95 bits per heavy atom. The molecule has 2 aromatic rings. The molecule has 0 radical (unpaired) electrons. The molecule has 1 heterocycles. The zero-order valence-corrected chi connectivity index (χ0v) is 12.7. The van der Waals surface area contributed by atoms with Gasteiger partial charge in [-0.25, -0.2) is 4.98 Å². The van der Waals surface area contributed by atoms with Crippen LogP contribution >= 0.6 is 22.9 Å². The summed E-state index contributed by atoms with van der Waals surface area (Å²) in [6.45, 7) is 0.733. The van der Waals surface area contributed by atoms with E-state index in [4.69, 9.17) is 11.6 Å². The SMILES string of the molecule is CN(Cc1cccc(Cl)c1)c1nc(C2CC2)c(C=O)s1. The number of anilines is 1. The zero-order valence-electron chi connectivity index (χ0n) is 11.2. The van der Waals surface area contributed by atoms with E-state index in [1.807, 2.05) is 31.3 Å². The molecule has 1 aromatic heterocycles. The summed E-state index contributed by atoms with van der Waals surface area (Å²) in [6.07, 6.45) is 3.24. The Morgan fingerprint density at radius 2 is 2.30 bits per heavy atom. The molecule has 1 aliphatic carbocycles. The number of rotatable bonds is 5. The second kappa shape index (κ2) is 5.54. The molecule has 0 atom stereocenters. The monoisotopic (exact) mass is 306 g/mol. The van der Waals surface area contributed by atoms with E-state index in [1.165, 1.54) is 11.3 Å². The largest absolute Gasteiger partial charge is 0.347 e. The van der Waals surface area contributed by atoms with Gasteiger partial charge >= 0.3 is 0 Å². The first kappa shape index (κ1) is 13.6. The van der Waals surface area contributed by atoms with Crippen LogP contribution in [0.25, 0.3) is 0 Å². The van der Waals surface area contributed by atoms with Gasteiger partial charge in [0.1, 0.15) is 0 Å². The number of hydrogen-bond donors (Lipinski definition) is 0. The molecular formula is C15H15ClN2OS. The minimum absolute atomic E-state index is 0.500. The van der Waals surface area contributed by atoms with Crippen LogP contribution in [0.5, 0.6) is 0 Å². The van der Waals surface area contributed by atoms with Gasteiger partial charge in [0.2, 0.25) is 0 Å². The fourth-order valence-corrected chi connectivity index (χ4v) is 3.34. The Morgan fingerprint density at radius 1 is 1.50 bits per heavy atom. The summed E-state index contributed by atoms with van der Waals surface area (Å²) in [4.78, 5) is 18.6. The number of hydrogen-bond acceptors (Lipinski definition) is 4. The van der Waals surface area contributed by atoms with Gasteiger partial charge in [0, 0.05) is 24.5 Å². The maximum atomic E-state index is 11.1. The van der Waals surface area contributed by atoms with Crippen LogP contribution in [-0.2, 0) is 6.54 Å². The molecular weight excluding hydrogens is 292 g/mol. The number of benzene rings is 1. The molecule has 3 rings (SSSR count). The van der Waals surface area contributed by atoms with Crippen LogP contribution in [-0.4, -0.2) is 18.3 Å². The van der Waals surface area contributed by atoms with E-state index in [9.17, 15) is 4.79 Å². The van der Waals surface area contributed by atoms with Gasteiger partial charge < -0.3 is 4.90 Å². The first-order chi connectivity index (χ1) is 9.67. The highest BCUT2D eigenvalue weighted by Gasteiger charge is 2.30. The molecule has 1 aromatic carbocycles. The number of nitrogens with zero attached hydrogens (tertiary/aromatic N) is 2. The van der Waals surface area contributed by atoms with Gasteiger partial charge in [-0.1, -0.05) is 35.1 Å². The molecule has 5 heteroatoms. The average Bonchev–Trinajstić information content (AvgIpc) is 3.17. The van der Waals surface area contributed by atoms with Crippen LogP contribution in [0.2, 0.25) is 5.02 Å². The van der Waals surface area contributed by atoms with Gasteiger partial charge in [0.05, 0.1) is 10.6 Å². The average molecular weight is 307 g/mol. The molecule has 0 amide bonds. The standard InChI is InChI=1S/C15H15ClN2OS/c1-18(8-10-3-2-4-12(16)7-10)15-17-14(11-5-6-11)13(9-19)20-15/h2-4,7,9,11H,5-6,8H2,1H3. The number of thiazole rings is 1. The summed E-state index contributed by atoms with van der Waals surface area (Å²) >= 11 is 7.47. The van der Waals surface area contributed by atoms with Crippen LogP contribution in [0.3, 0.4) is 0 Å². The lowest BCUT2D eigenvalue weighted by Crippen LogP contribution is -2.16. The van der Waals surface area contributed by atoms with E-state index in [0.717, 1.165) is 52.0 Å². The summed E-state index contributed by atoms with van der Waals surface area (Å²) < 4.78 is 0. The molecule has 1 aliphatic rings. The summed E-state index contributed by atoms with van der Waals surface area (Å²) in [6, 6.07) is 7.80. The number of aldehydes is 1. The molecule has 0 spiro atoms. The predicted octanol–water partition coefficient (Wildman–Crippen LogP) is 4.12. The van der Waals surface area contributed by atoms with Gasteiger partial charge in [-0.15, -0.1) is 0 Å². The maximum absolute atomic E-state index is 11.1. The highest BCUT2D eigenvalue weighted by molar-refractivity contribution is 7.17. The smallest absolute Gasteiger partial charge is 0.186 e. The Labute approximate surface area is 127 Å². The van der Waals surface area contributed by atoms with Crippen LogP contribution < -0.4 is 4.90 Å². The van der Waals surface area contributed by atoms with Crippen molar-refractivity contribution in [2.24, 2.45) is 0 Å². The molecule has 20 heavy (non-hydrogen) atoms. The van der Waals surface area contributed by atoms with Crippen molar-refractivity contribution in [3.63, 3.8) is 0 Å². The first-order valence-corrected chi connectivity index (χ1v) is 7.78. The Kier molecular flexibility index (Phi) is 3.76. The first-order valence-electron chi connectivity index (χ1n) is 6.59. The number of carbonyl (C=O) groups is 1. The second-order valence-electron chi connectivity index (χ2n) is 5.12. The van der Waals surface area contributed by atoms with Crippen LogP contribution in [0, 0.1) is 0 Å². The summed E-state index contributed by atoms with van der Waals surface area (Å²) in [5.41, 5.74) is 2.12. The number of carbonyl (C=O) groups excluding carboxylic acids is 1. The highest BCUT2D eigenvalue weighted by atomic mass is 35.5. The van der Waals surface area contributed by atoms with Gasteiger partial charge in [0.15, 0.2) is 11.4 Å². The molecule has 0 aliphatic heterocycles. The minimum atomic E-state index is 0.500. The topological polar surface area (TPSA) is 33.2 Å². The van der Waals surface area contributed by atoms with Crippen molar-refractivity contribution in [3.8, 4) is 0 Å². The third kappa shape index (κ3) is 2.86. The normalized spacial score (nSPS) is 14.3. The number of halogens is 1. The highest BCUT2D eigenvalue weighted by Crippen LogP contribution is 2.43. The third-order valence-electron chi connectivity index (χ3n) is 3.38. The van der Waals surface area contributed by atoms with Gasteiger partial charge in [0.25, 0.3) is 0 Å². The van der Waals surface area contributed by atoms with Crippen LogP contribution in [0.15, 0.2) is 24.3 Å². The summed E-state index contributed by atoms with van der Waals surface area (Å²) in [5.74, 6) is 0.500. The van der Waals surface area contributed by atoms with Gasteiger partial charge in [-0.3, -0.25) is 4.79 Å². The predicted molar refractivity (Wildman–Crippen MR) is 83.0 cm³/mol. The van der Waals surface area contributed by atoms with Crippen molar-refractivity contribution in [3.05, 3.63) is 45.4 Å². The second-order valence-corrected chi connectivity index (χ2v) is 6.57. The molecule has 104 valence electrons. The van der Waals surface area contributed by atoms with E-state index < -0.39 is 0 Å². The van der Waals surface area contributed by atoms with Crippen molar-refractivity contribution in [1.29, 1.82) is 0 Å². The molecule has 3 nitrogen and oxygen atoms in total. The maximum Gasteiger partial charge on any atom is 0.186 e. The van der Waals surface area contributed by atoms with Crippen molar-refractivity contribution in [1.82, 2.24) is 4.98 Å². The number of aromatic nitrogens is 1. The Hall–Kier alpha value is -1.39. The minimum Gasteiger partial charge on any atom is -0.347 e. The Bertz CT molecular complexity index is 637. The fraction of sp³-hybridized carbons (Fsp3) is 0.333. The summed E-state index contributed by atoms with van der Waals surface area (Å²) in [5, 5.41) is 1.64. The van der Waals surface area contributed by atoms with Crippen molar-refractivity contribution < 1.29 is 4.79 Å². The fourth-order valence-electron chi connectivity index (χ4n) is 2.21. The molecule has 1 fully saturated rings. The molecule has 0 unspecified atom stereocenters. The van der Waals surface area contributed by atoms with Gasteiger partial charge in [-0.05, 0) is 30.5 Å². The molecule has 0 saturated heterocycles. The van der Waals surface area contributed by atoms with E-state index in [1.54, 1.807) is 0 Å². The Balaban J connectivity index is 1.79. The van der Waals surface area contributed by atoms with Crippen LogP contribution in [0.1, 0.15) is 39.7 Å². The molecule has 0 bridgehead atoms. The summed E-state index contributed by atoms with van der Waals surface area (Å²) in [7, 11) is 1.99. The van der Waals surface area contributed by atoms with Crippen LogP contribution in [0.4, 0.5) is 5.13 Å². The molecule has 1 saturated carbocycles. The lowest BCUT2D eigenvalue weighted by molar-refractivity contribution is 0.112. The lowest BCUT2D eigenvalue weighted by Gasteiger charge is -2.15. The van der Waals surface area contributed by atoms with Crippen molar-refractivity contribution >= 4 is 34.4 Å². The van der Waals surface area contributed by atoms with E-state index >= 15 is 0 Å². The van der Waals surface area contributed by atoms with Crippen molar-refractivity contribution in [2.75, 3.05) is 11.9 Å². The quantitative estimate of drug-likeness (QED) is 0.779. The third-order valence-corrected chi connectivity index (χ3v) is 4.72. The zero-order chi connectivity index (χ0) is 14.1. The van der Waals surface area contributed by atoms with Crippen molar-refractivity contribution in [2.45, 2.75) is 25.3 Å². The lowest BCUT2D eigenvalue weighted by atomic mass is 10.2. The van der Waals surface area contributed by atoms with Gasteiger partial charge in [-0.2, -0.15) is 0 Å².